The number of sulfonamides is 1. The minimum atomic E-state index is -3.19. The second-order valence-electron chi connectivity index (χ2n) is 6.69. The molecule has 0 saturated carbocycles. The Bertz CT molecular complexity index is 434. The van der Waals surface area contributed by atoms with Crippen molar-refractivity contribution in [2.45, 2.75) is 58.9 Å². The molecule has 1 saturated heterocycles. The lowest BCUT2D eigenvalue weighted by atomic mass is 9.98. The van der Waals surface area contributed by atoms with E-state index in [1.807, 2.05) is 6.92 Å². The first-order valence-corrected chi connectivity index (χ1v) is 9.80. The van der Waals surface area contributed by atoms with Gasteiger partial charge in [0.15, 0.2) is 0 Å². The standard InChI is InChI=1S/C15H30N2O3S/c1-12(2)7-5-8-13(3)16-15(18)14-9-6-10-17(11-14)21(4,19)20/h12-14H,5-11H2,1-4H3,(H,16,18). The van der Waals surface area contributed by atoms with Gasteiger partial charge in [-0.15, -0.1) is 0 Å². The number of amides is 1. The molecule has 1 fully saturated rings. The van der Waals surface area contributed by atoms with Crippen LogP contribution in [0, 0.1) is 11.8 Å². The molecule has 1 heterocycles. The maximum atomic E-state index is 12.2. The Kier molecular flexibility index (Phi) is 7.13. The lowest BCUT2D eigenvalue weighted by molar-refractivity contribution is -0.126. The zero-order chi connectivity index (χ0) is 16.0. The third kappa shape index (κ3) is 6.78. The molecule has 0 radical (unpaired) electrons. The summed E-state index contributed by atoms with van der Waals surface area (Å²) in [5.74, 6) is 0.482. The van der Waals surface area contributed by atoms with Gasteiger partial charge < -0.3 is 5.32 Å². The maximum absolute atomic E-state index is 12.2. The third-order valence-electron chi connectivity index (χ3n) is 4.03. The summed E-state index contributed by atoms with van der Waals surface area (Å²) in [6, 6.07) is 0.157. The average Bonchev–Trinajstić information content (AvgIpc) is 2.37. The van der Waals surface area contributed by atoms with E-state index in [0.29, 0.717) is 19.0 Å². The molecule has 0 aliphatic carbocycles. The van der Waals surface area contributed by atoms with Gasteiger partial charge in [-0.05, 0) is 32.1 Å². The highest BCUT2D eigenvalue weighted by Gasteiger charge is 2.30. The quantitative estimate of drug-likeness (QED) is 0.780. The smallest absolute Gasteiger partial charge is 0.224 e. The summed E-state index contributed by atoms with van der Waals surface area (Å²) in [5.41, 5.74) is 0. The Labute approximate surface area is 129 Å². The summed E-state index contributed by atoms with van der Waals surface area (Å²) in [7, 11) is -3.19. The van der Waals surface area contributed by atoms with Gasteiger partial charge in [0.05, 0.1) is 12.2 Å². The molecule has 1 rings (SSSR count). The topological polar surface area (TPSA) is 66.5 Å². The predicted octanol–water partition coefficient (Wildman–Crippen LogP) is 1.99. The first-order chi connectivity index (χ1) is 9.70. The highest BCUT2D eigenvalue weighted by Crippen LogP contribution is 2.19. The van der Waals surface area contributed by atoms with Gasteiger partial charge in [0.25, 0.3) is 0 Å². The molecule has 1 aliphatic rings. The van der Waals surface area contributed by atoms with Crippen LogP contribution in [-0.2, 0) is 14.8 Å². The molecule has 0 aromatic rings. The molecular weight excluding hydrogens is 288 g/mol. The SMILES string of the molecule is CC(C)CCCC(C)NC(=O)C1CCCN(S(C)(=O)=O)C1. The van der Waals surface area contributed by atoms with Crippen LogP contribution in [0.2, 0.25) is 0 Å². The van der Waals surface area contributed by atoms with Crippen molar-refractivity contribution in [2.75, 3.05) is 19.3 Å². The Morgan fingerprint density at radius 1 is 1.29 bits per heavy atom. The first kappa shape index (κ1) is 18.4. The van der Waals surface area contributed by atoms with Crippen molar-refractivity contribution in [2.24, 2.45) is 11.8 Å². The van der Waals surface area contributed by atoms with E-state index in [9.17, 15) is 13.2 Å². The summed E-state index contributed by atoms with van der Waals surface area (Å²) in [6.45, 7) is 7.28. The van der Waals surface area contributed by atoms with Crippen molar-refractivity contribution < 1.29 is 13.2 Å². The van der Waals surface area contributed by atoms with Crippen LogP contribution in [-0.4, -0.2) is 44.0 Å². The molecule has 0 aromatic carbocycles. The zero-order valence-corrected chi connectivity index (χ0v) is 14.6. The van der Waals surface area contributed by atoms with Gasteiger partial charge in [0, 0.05) is 19.1 Å². The van der Waals surface area contributed by atoms with Crippen LogP contribution in [0.1, 0.15) is 52.9 Å². The normalized spacial score (nSPS) is 22.2. The van der Waals surface area contributed by atoms with Crippen molar-refractivity contribution in [1.82, 2.24) is 9.62 Å². The number of carbonyl (C=O) groups excluding carboxylic acids is 1. The number of hydrogen-bond donors (Lipinski definition) is 1. The van der Waals surface area contributed by atoms with Gasteiger partial charge >= 0.3 is 0 Å². The number of piperidine rings is 1. The van der Waals surface area contributed by atoms with Crippen molar-refractivity contribution >= 4 is 15.9 Å². The van der Waals surface area contributed by atoms with Crippen LogP contribution < -0.4 is 5.32 Å². The second kappa shape index (κ2) is 8.13. The molecule has 0 aromatic heterocycles. The fourth-order valence-corrected chi connectivity index (χ4v) is 3.63. The summed E-state index contributed by atoms with van der Waals surface area (Å²) < 4.78 is 24.6. The highest BCUT2D eigenvalue weighted by molar-refractivity contribution is 7.88. The van der Waals surface area contributed by atoms with E-state index in [1.54, 1.807) is 0 Å². The summed E-state index contributed by atoms with van der Waals surface area (Å²) in [5, 5.41) is 3.03. The van der Waals surface area contributed by atoms with Crippen LogP contribution in [0.3, 0.4) is 0 Å². The van der Waals surface area contributed by atoms with E-state index in [0.717, 1.165) is 25.7 Å². The fraction of sp³-hybridized carbons (Fsp3) is 0.933. The molecular formula is C15H30N2O3S. The molecule has 1 N–H and O–H groups in total. The van der Waals surface area contributed by atoms with Crippen molar-refractivity contribution in [3.05, 3.63) is 0 Å². The zero-order valence-electron chi connectivity index (χ0n) is 13.8. The van der Waals surface area contributed by atoms with Crippen molar-refractivity contribution in [1.29, 1.82) is 0 Å². The van der Waals surface area contributed by atoms with Gasteiger partial charge in [-0.1, -0.05) is 26.7 Å². The van der Waals surface area contributed by atoms with E-state index in [-0.39, 0.29) is 17.9 Å². The van der Waals surface area contributed by atoms with Crippen LogP contribution in [0.25, 0.3) is 0 Å². The molecule has 1 aliphatic heterocycles. The van der Waals surface area contributed by atoms with Gasteiger partial charge in [-0.2, -0.15) is 0 Å². The number of nitrogens with zero attached hydrogens (tertiary/aromatic N) is 1. The van der Waals surface area contributed by atoms with E-state index in [2.05, 4.69) is 19.2 Å². The molecule has 0 bridgehead atoms. The minimum Gasteiger partial charge on any atom is -0.353 e. The van der Waals surface area contributed by atoms with E-state index in [1.165, 1.54) is 17.0 Å². The van der Waals surface area contributed by atoms with Gasteiger partial charge in [0.2, 0.25) is 15.9 Å². The van der Waals surface area contributed by atoms with Crippen molar-refractivity contribution in [3.8, 4) is 0 Å². The van der Waals surface area contributed by atoms with Crippen molar-refractivity contribution in [3.63, 3.8) is 0 Å². The molecule has 2 atom stereocenters. The van der Waals surface area contributed by atoms with Gasteiger partial charge in [-0.3, -0.25) is 4.79 Å². The van der Waals surface area contributed by atoms with Crippen LogP contribution in [0.4, 0.5) is 0 Å². The molecule has 5 nitrogen and oxygen atoms in total. The molecule has 21 heavy (non-hydrogen) atoms. The second-order valence-corrected chi connectivity index (χ2v) is 8.68. The lowest BCUT2D eigenvalue weighted by Gasteiger charge is -2.30. The Morgan fingerprint density at radius 2 is 1.95 bits per heavy atom. The number of rotatable bonds is 7. The van der Waals surface area contributed by atoms with E-state index >= 15 is 0 Å². The van der Waals surface area contributed by atoms with Gasteiger partial charge in [-0.25, -0.2) is 12.7 Å². The largest absolute Gasteiger partial charge is 0.353 e. The first-order valence-electron chi connectivity index (χ1n) is 7.95. The van der Waals surface area contributed by atoms with Crippen LogP contribution in [0.15, 0.2) is 0 Å². The maximum Gasteiger partial charge on any atom is 0.224 e. The molecule has 1 amide bonds. The molecule has 0 spiro atoms. The van der Waals surface area contributed by atoms with E-state index < -0.39 is 10.0 Å². The highest BCUT2D eigenvalue weighted by atomic mass is 32.2. The lowest BCUT2D eigenvalue weighted by Crippen LogP contribution is -2.46. The fourth-order valence-electron chi connectivity index (χ4n) is 2.72. The van der Waals surface area contributed by atoms with Crippen LogP contribution in [0.5, 0.6) is 0 Å². The average molecular weight is 318 g/mol. The number of nitrogens with one attached hydrogen (secondary N) is 1. The number of carbonyl (C=O) groups is 1. The minimum absolute atomic E-state index is 0.000368. The predicted molar refractivity (Wildman–Crippen MR) is 85.4 cm³/mol. The van der Waals surface area contributed by atoms with E-state index in [4.69, 9.17) is 0 Å². The summed E-state index contributed by atoms with van der Waals surface area (Å²) in [4.78, 5) is 12.2. The monoisotopic (exact) mass is 318 g/mol. The number of hydrogen-bond acceptors (Lipinski definition) is 3. The third-order valence-corrected chi connectivity index (χ3v) is 5.30. The molecule has 124 valence electrons. The Morgan fingerprint density at radius 3 is 2.52 bits per heavy atom. The summed E-state index contributed by atoms with van der Waals surface area (Å²) in [6.07, 6.45) is 6.00. The van der Waals surface area contributed by atoms with Gasteiger partial charge in [0.1, 0.15) is 0 Å². The summed E-state index contributed by atoms with van der Waals surface area (Å²) >= 11 is 0. The Balaban J connectivity index is 2.40. The molecule has 6 heteroatoms. The Hall–Kier alpha value is -0.620. The van der Waals surface area contributed by atoms with Crippen LogP contribution >= 0.6 is 0 Å². The molecule has 2 unspecified atom stereocenters.